The molecule has 0 aliphatic carbocycles. The third-order valence-electron chi connectivity index (χ3n) is 3.70. The summed E-state index contributed by atoms with van der Waals surface area (Å²) in [5, 5.41) is 3.62. The number of benzene rings is 1. The molecule has 0 fully saturated rings. The highest BCUT2D eigenvalue weighted by Gasteiger charge is 2.13. The third kappa shape index (κ3) is 6.99. The van der Waals surface area contributed by atoms with Gasteiger partial charge in [-0.1, -0.05) is 44.9 Å². The van der Waals surface area contributed by atoms with Crippen LogP contribution in [0.3, 0.4) is 0 Å². The third-order valence-corrected chi connectivity index (χ3v) is 3.70. The van der Waals surface area contributed by atoms with Crippen molar-refractivity contribution in [3.8, 4) is 0 Å². The molecule has 0 unspecified atom stereocenters. The van der Waals surface area contributed by atoms with Gasteiger partial charge in [-0.05, 0) is 45.2 Å². The highest BCUT2D eigenvalue weighted by molar-refractivity contribution is 5.53. The van der Waals surface area contributed by atoms with Crippen LogP contribution in [0.25, 0.3) is 0 Å². The molecular formula is C19H34N2. The Morgan fingerprint density at radius 1 is 0.952 bits per heavy atom. The molecule has 2 nitrogen and oxygen atoms in total. The fourth-order valence-electron chi connectivity index (χ4n) is 2.38. The topological polar surface area (TPSA) is 15.3 Å². The zero-order valence-electron chi connectivity index (χ0n) is 14.7. The van der Waals surface area contributed by atoms with Crippen molar-refractivity contribution in [2.24, 2.45) is 0 Å². The fourth-order valence-corrected chi connectivity index (χ4v) is 2.38. The molecule has 0 heterocycles. The summed E-state index contributed by atoms with van der Waals surface area (Å²) >= 11 is 0. The Kier molecular flexibility index (Phi) is 7.81. The van der Waals surface area contributed by atoms with E-state index in [2.05, 4.69) is 69.1 Å². The van der Waals surface area contributed by atoms with Crippen molar-refractivity contribution >= 4 is 5.69 Å². The summed E-state index contributed by atoms with van der Waals surface area (Å²) < 4.78 is 0. The number of nitrogens with one attached hydrogen (secondary N) is 1. The summed E-state index contributed by atoms with van der Waals surface area (Å²) in [5.41, 5.74) is 2.99. The first-order valence-electron chi connectivity index (χ1n) is 8.55. The van der Waals surface area contributed by atoms with Gasteiger partial charge in [0, 0.05) is 30.9 Å². The van der Waals surface area contributed by atoms with Crippen LogP contribution < -0.4 is 10.2 Å². The average Bonchev–Trinajstić information content (AvgIpc) is 2.45. The summed E-state index contributed by atoms with van der Waals surface area (Å²) in [7, 11) is 0. The number of para-hydroxylation sites is 1. The maximum absolute atomic E-state index is 3.62. The summed E-state index contributed by atoms with van der Waals surface area (Å²) in [4.78, 5) is 2.58. The summed E-state index contributed by atoms with van der Waals surface area (Å²) in [6.45, 7) is 14.5. The monoisotopic (exact) mass is 290 g/mol. The number of rotatable bonds is 9. The van der Waals surface area contributed by atoms with E-state index in [-0.39, 0.29) is 5.54 Å². The standard InChI is InChI=1S/C19H34N2/c1-6-8-14-21(15-9-7-2)18-13-11-10-12-17(18)16-20-19(3,4)5/h10-13,20H,6-9,14-16H2,1-5H3. The molecule has 0 aromatic heterocycles. The van der Waals surface area contributed by atoms with Crippen molar-refractivity contribution < 1.29 is 0 Å². The van der Waals surface area contributed by atoms with Crippen molar-refractivity contribution in [1.82, 2.24) is 5.32 Å². The molecule has 0 saturated carbocycles. The lowest BCUT2D eigenvalue weighted by molar-refractivity contribution is 0.424. The molecule has 0 spiro atoms. The lowest BCUT2D eigenvalue weighted by Crippen LogP contribution is -2.36. The number of nitrogens with zero attached hydrogens (tertiary/aromatic N) is 1. The molecular weight excluding hydrogens is 256 g/mol. The van der Waals surface area contributed by atoms with Gasteiger partial charge in [0.05, 0.1) is 0 Å². The Morgan fingerprint density at radius 2 is 1.52 bits per heavy atom. The molecule has 0 radical (unpaired) electrons. The van der Waals surface area contributed by atoms with E-state index in [1.54, 1.807) is 0 Å². The van der Waals surface area contributed by atoms with E-state index in [4.69, 9.17) is 0 Å². The molecule has 0 saturated heterocycles. The minimum Gasteiger partial charge on any atom is -0.371 e. The Labute approximate surface area is 131 Å². The van der Waals surface area contributed by atoms with Crippen LogP contribution >= 0.6 is 0 Å². The van der Waals surface area contributed by atoms with E-state index >= 15 is 0 Å². The highest BCUT2D eigenvalue weighted by atomic mass is 15.1. The van der Waals surface area contributed by atoms with Crippen LogP contribution in [0.15, 0.2) is 24.3 Å². The molecule has 0 aliphatic heterocycles. The van der Waals surface area contributed by atoms with Crippen molar-refractivity contribution in [1.29, 1.82) is 0 Å². The number of unbranched alkanes of at least 4 members (excludes halogenated alkanes) is 2. The number of hydrogen-bond acceptors (Lipinski definition) is 2. The molecule has 0 amide bonds. The molecule has 0 aliphatic rings. The second-order valence-electron chi connectivity index (χ2n) is 6.93. The Morgan fingerprint density at radius 3 is 2.05 bits per heavy atom. The van der Waals surface area contributed by atoms with Crippen molar-refractivity contribution in [2.45, 2.75) is 72.4 Å². The van der Waals surface area contributed by atoms with Crippen molar-refractivity contribution in [2.75, 3.05) is 18.0 Å². The van der Waals surface area contributed by atoms with Crippen LogP contribution in [0.1, 0.15) is 65.9 Å². The van der Waals surface area contributed by atoms with Gasteiger partial charge in [0.2, 0.25) is 0 Å². The van der Waals surface area contributed by atoms with Crippen LogP contribution in [0, 0.1) is 0 Å². The van der Waals surface area contributed by atoms with Crippen LogP contribution in [0.2, 0.25) is 0 Å². The predicted octanol–water partition coefficient (Wildman–Crippen LogP) is 4.98. The van der Waals surface area contributed by atoms with Crippen LogP contribution in [0.5, 0.6) is 0 Å². The second-order valence-corrected chi connectivity index (χ2v) is 6.93. The number of hydrogen-bond donors (Lipinski definition) is 1. The van der Waals surface area contributed by atoms with Crippen molar-refractivity contribution in [3.05, 3.63) is 29.8 Å². The maximum Gasteiger partial charge on any atom is 0.0411 e. The molecule has 21 heavy (non-hydrogen) atoms. The first kappa shape index (κ1) is 18.0. The first-order valence-corrected chi connectivity index (χ1v) is 8.55. The summed E-state index contributed by atoms with van der Waals surface area (Å²) in [5.74, 6) is 0. The lowest BCUT2D eigenvalue weighted by atomic mass is 10.1. The minimum absolute atomic E-state index is 0.158. The Bertz CT molecular complexity index is 385. The Balaban J connectivity index is 2.84. The predicted molar refractivity (Wildman–Crippen MR) is 95.1 cm³/mol. The van der Waals surface area contributed by atoms with Gasteiger partial charge in [-0.2, -0.15) is 0 Å². The summed E-state index contributed by atoms with van der Waals surface area (Å²) in [6.07, 6.45) is 5.05. The smallest absolute Gasteiger partial charge is 0.0411 e. The van der Waals surface area contributed by atoms with Crippen molar-refractivity contribution in [3.63, 3.8) is 0 Å². The first-order chi connectivity index (χ1) is 9.98. The van der Waals surface area contributed by atoms with Gasteiger partial charge in [0.1, 0.15) is 0 Å². The lowest BCUT2D eigenvalue weighted by Gasteiger charge is -2.28. The van der Waals surface area contributed by atoms with Crippen LogP contribution in [-0.4, -0.2) is 18.6 Å². The van der Waals surface area contributed by atoms with Gasteiger partial charge in [-0.15, -0.1) is 0 Å². The van der Waals surface area contributed by atoms with E-state index in [1.807, 2.05) is 0 Å². The SMILES string of the molecule is CCCCN(CCCC)c1ccccc1CNC(C)(C)C. The van der Waals surface area contributed by atoms with E-state index in [9.17, 15) is 0 Å². The quantitative estimate of drug-likeness (QED) is 0.690. The fraction of sp³-hybridized carbons (Fsp3) is 0.684. The van der Waals surface area contributed by atoms with E-state index in [0.29, 0.717) is 0 Å². The molecule has 1 N–H and O–H groups in total. The van der Waals surface area contributed by atoms with Crippen LogP contribution in [-0.2, 0) is 6.54 Å². The highest BCUT2D eigenvalue weighted by Crippen LogP contribution is 2.22. The molecule has 2 heteroatoms. The van der Waals surface area contributed by atoms with Crippen LogP contribution in [0.4, 0.5) is 5.69 Å². The van der Waals surface area contributed by atoms with E-state index in [0.717, 1.165) is 6.54 Å². The molecule has 1 aromatic carbocycles. The number of anilines is 1. The summed E-state index contributed by atoms with van der Waals surface area (Å²) in [6, 6.07) is 8.87. The van der Waals surface area contributed by atoms with E-state index < -0.39 is 0 Å². The maximum atomic E-state index is 3.62. The van der Waals surface area contributed by atoms with Gasteiger partial charge in [-0.3, -0.25) is 0 Å². The molecule has 0 bridgehead atoms. The average molecular weight is 290 g/mol. The van der Waals surface area contributed by atoms with Gasteiger partial charge >= 0.3 is 0 Å². The van der Waals surface area contributed by atoms with Gasteiger partial charge < -0.3 is 10.2 Å². The Hall–Kier alpha value is -1.02. The van der Waals surface area contributed by atoms with Gasteiger partial charge in [0.25, 0.3) is 0 Å². The zero-order chi connectivity index (χ0) is 15.7. The minimum atomic E-state index is 0.158. The second kappa shape index (κ2) is 9.09. The molecule has 0 atom stereocenters. The van der Waals surface area contributed by atoms with E-state index in [1.165, 1.54) is 50.0 Å². The molecule has 1 aromatic rings. The van der Waals surface area contributed by atoms with Gasteiger partial charge in [-0.25, -0.2) is 0 Å². The van der Waals surface area contributed by atoms with Gasteiger partial charge in [0.15, 0.2) is 0 Å². The molecule has 1 rings (SSSR count). The molecule has 120 valence electrons. The zero-order valence-corrected chi connectivity index (χ0v) is 14.7. The largest absolute Gasteiger partial charge is 0.371 e. The normalized spacial score (nSPS) is 11.7.